The second kappa shape index (κ2) is 7.08. The fraction of sp³-hybridized carbons (Fsp3) is 0.211. The minimum atomic E-state index is -0.0765. The van der Waals surface area contributed by atoms with E-state index in [4.69, 9.17) is 4.42 Å². The number of nitrogens with zero attached hydrogens (tertiary/aromatic N) is 2. The molecule has 1 amide bonds. The molecule has 1 aromatic carbocycles. The van der Waals surface area contributed by atoms with Gasteiger partial charge in [-0.2, -0.15) is 0 Å². The number of carbonyl (C=O) groups excluding carboxylic acids is 1. The van der Waals surface area contributed by atoms with Crippen molar-refractivity contribution in [2.24, 2.45) is 0 Å². The number of nitrogens with one attached hydrogen (secondary N) is 1. The van der Waals surface area contributed by atoms with Crippen molar-refractivity contribution in [3.05, 3.63) is 71.4 Å². The molecule has 2 heterocycles. The van der Waals surface area contributed by atoms with Crippen LogP contribution in [0.15, 0.2) is 53.2 Å². The molecule has 0 bridgehead atoms. The molecule has 0 aliphatic carbocycles. The third kappa shape index (κ3) is 3.68. The zero-order valence-corrected chi connectivity index (χ0v) is 13.7. The van der Waals surface area contributed by atoms with Crippen LogP contribution in [0.3, 0.4) is 0 Å². The SMILES string of the molecule is Cc1ccccc1CNC(=O)Cc1nc(-c2cccnc2)oc1C. The highest BCUT2D eigenvalue weighted by atomic mass is 16.4. The van der Waals surface area contributed by atoms with E-state index in [2.05, 4.69) is 15.3 Å². The first-order valence-electron chi connectivity index (χ1n) is 7.81. The van der Waals surface area contributed by atoms with Gasteiger partial charge in [0, 0.05) is 18.9 Å². The number of aryl methyl sites for hydroxylation is 2. The molecular weight excluding hydrogens is 302 g/mol. The molecule has 3 aromatic rings. The summed E-state index contributed by atoms with van der Waals surface area (Å²) in [5, 5.41) is 2.93. The van der Waals surface area contributed by atoms with E-state index in [-0.39, 0.29) is 12.3 Å². The predicted molar refractivity (Wildman–Crippen MR) is 91.2 cm³/mol. The molecule has 0 radical (unpaired) electrons. The molecule has 5 nitrogen and oxygen atoms in total. The van der Waals surface area contributed by atoms with E-state index in [1.807, 2.05) is 50.2 Å². The van der Waals surface area contributed by atoms with Gasteiger partial charge in [0.2, 0.25) is 11.8 Å². The highest BCUT2D eigenvalue weighted by molar-refractivity contribution is 5.78. The van der Waals surface area contributed by atoms with E-state index in [1.54, 1.807) is 12.4 Å². The number of oxazole rings is 1. The highest BCUT2D eigenvalue weighted by Gasteiger charge is 2.14. The van der Waals surface area contributed by atoms with Crippen molar-refractivity contribution in [2.45, 2.75) is 26.8 Å². The summed E-state index contributed by atoms with van der Waals surface area (Å²) in [5.41, 5.74) is 3.72. The molecule has 0 unspecified atom stereocenters. The third-order valence-electron chi connectivity index (χ3n) is 3.87. The van der Waals surface area contributed by atoms with Crippen molar-refractivity contribution in [1.82, 2.24) is 15.3 Å². The standard InChI is InChI=1S/C19H19N3O2/c1-13-6-3-4-7-15(13)12-21-18(23)10-17-14(2)24-19(22-17)16-8-5-9-20-11-16/h3-9,11H,10,12H2,1-2H3,(H,21,23). The van der Waals surface area contributed by atoms with Crippen molar-refractivity contribution in [1.29, 1.82) is 0 Å². The topological polar surface area (TPSA) is 68.0 Å². The quantitative estimate of drug-likeness (QED) is 0.783. The largest absolute Gasteiger partial charge is 0.441 e. The summed E-state index contributed by atoms with van der Waals surface area (Å²) in [5.74, 6) is 1.06. The Balaban J connectivity index is 1.65. The minimum Gasteiger partial charge on any atom is -0.441 e. The van der Waals surface area contributed by atoms with E-state index in [0.29, 0.717) is 23.9 Å². The summed E-state index contributed by atoms with van der Waals surface area (Å²) < 4.78 is 5.65. The number of aromatic nitrogens is 2. The van der Waals surface area contributed by atoms with E-state index < -0.39 is 0 Å². The molecular formula is C19H19N3O2. The highest BCUT2D eigenvalue weighted by Crippen LogP contribution is 2.21. The van der Waals surface area contributed by atoms with Gasteiger partial charge in [-0.25, -0.2) is 4.98 Å². The Morgan fingerprint density at radius 2 is 2.00 bits per heavy atom. The summed E-state index contributed by atoms with van der Waals surface area (Å²) in [6.07, 6.45) is 3.58. The van der Waals surface area contributed by atoms with Crippen molar-refractivity contribution >= 4 is 5.91 Å². The molecule has 24 heavy (non-hydrogen) atoms. The smallest absolute Gasteiger partial charge is 0.228 e. The van der Waals surface area contributed by atoms with Gasteiger partial charge in [0.15, 0.2) is 0 Å². The van der Waals surface area contributed by atoms with Gasteiger partial charge in [0.05, 0.1) is 17.7 Å². The van der Waals surface area contributed by atoms with Crippen LogP contribution in [0.4, 0.5) is 0 Å². The number of amides is 1. The van der Waals surface area contributed by atoms with E-state index in [1.165, 1.54) is 0 Å². The van der Waals surface area contributed by atoms with E-state index >= 15 is 0 Å². The van der Waals surface area contributed by atoms with Crippen LogP contribution in [0, 0.1) is 13.8 Å². The van der Waals surface area contributed by atoms with Crippen LogP contribution in [-0.4, -0.2) is 15.9 Å². The lowest BCUT2D eigenvalue weighted by Gasteiger charge is -2.07. The maximum absolute atomic E-state index is 12.2. The van der Waals surface area contributed by atoms with Crippen LogP contribution in [-0.2, 0) is 17.8 Å². The normalized spacial score (nSPS) is 10.6. The number of carbonyl (C=O) groups is 1. The van der Waals surface area contributed by atoms with Gasteiger partial charge in [0.1, 0.15) is 5.76 Å². The van der Waals surface area contributed by atoms with Crippen molar-refractivity contribution < 1.29 is 9.21 Å². The summed E-state index contributed by atoms with van der Waals surface area (Å²) in [7, 11) is 0. The van der Waals surface area contributed by atoms with Gasteiger partial charge in [-0.05, 0) is 37.1 Å². The fourth-order valence-electron chi connectivity index (χ4n) is 2.42. The number of pyridine rings is 1. The van der Waals surface area contributed by atoms with E-state index in [9.17, 15) is 4.79 Å². The summed E-state index contributed by atoms with van der Waals surface area (Å²) >= 11 is 0. The Morgan fingerprint density at radius 3 is 2.75 bits per heavy atom. The van der Waals surface area contributed by atoms with Gasteiger partial charge >= 0.3 is 0 Å². The lowest BCUT2D eigenvalue weighted by atomic mass is 10.1. The van der Waals surface area contributed by atoms with Gasteiger partial charge in [-0.1, -0.05) is 24.3 Å². The molecule has 0 aliphatic heterocycles. The second-order valence-electron chi connectivity index (χ2n) is 5.64. The number of hydrogen-bond acceptors (Lipinski definition) is 4. The van der Waals surface area contributed by atoms with Crippen LogP contribution in [0.5, 0.6) is 0 Å². The van der Waals surface area contributed by atoms with Crippen molar-refractivity contribution in [3.63, 3.8) is 0 Å². The third-order valence-corrected chi connectivity index (χ3v) is 3.87. The first-order chi connectivity index (χ1) is 11.6. The molecule has 0 atom stereocenters. The van der Waals surface area contributed by atoms with Gasteiger partial charge < -0.3 is 9.73 Å². The zero-order valence-electron chi connectivity index (χ0n) is 13.7. The molecule has 0 aliphatic rings. The molecule has 5 heteroatoms. The Hall–Kier alpha value is -2.95. The minimum absolute atomic E-state index is 0.0765. The molecule has 2 aromatic heterocycles. The van der Waals surface area contributed by atoms with Crippen LogP contribution >= 0.6 is 0 Å². The number of hydrogen-bond donors (Lipinski definition) is 1. The average Bonchev–Trinajstić information content (AvgIpc) is 2.96. The molecule has 122 valence electrons. The van der Waals surface area contributed by atoms with Crippen molar-refractivity contribution in [2.75, 3.05) is 0 Å². The molecule has 0 saturated heterocycles. The predicted octanol–water partition coefficient (Wildman–Crippen LogP) is 3.21. The molecule has 0 fully saturated rings. The van der Waals surface area contributed by atoms with Crippen LogP contribution in [0.1, 0.15) is 22.6 Å². The molecule has 0 saturated carbocycles. The van der Waals surface area contributed by atoms with Crippen LogP contribution < -0.4 is 5.32 Å². The van der Waals surface area contributed by atoms with E-state index in [0.717, 1.165) is 16.7 Å². The molecule has 0 spiro atoms. The molecule has 1 N–H and O–H groups in total. The summed E-state index contributed by atoms with van der Waals surface area (Å²) in [6.45, 7) is 4.36. The summed E-state index contributed by atoms with van der Waals surface area (Å²) in [6, 6.07) is 11.7. The van der Waals surface area contributed by atoms with Gasteiger partial charge in [-0.3, -0.25) is 9.78 Å². The van der Waals surface area contributed by atoms with Gasteiger partial charge in [0.25, 0.3) is 0 Å². The average molecular weight is 321 g/mol. The number of benzene rings is 1. The van der Waals surface area contributed by atoms with Gasteiger partial charge in [-0.15, -0.1) is 0 Å². The van der Waals surface area contributed by atoms with Crippen LogP contribution in [0.25, 0.3) is 11.5 Å². The van der Waals surface area contributed by atoms with Crippen LogP contribution in [0.2, 0.25) is 0 Å². The Labute approximate surface area is 140 Å². The Kier molecular flexibility index (Phi) is 4.70. The molecule has 3 rings (SSSR count). The zero-order chi connectivity index (χ0) is 16.9. The Morgan fingerprint density at radius 1 is 1.17 bits per heavy atom. The maximum Gasteiger partial charge on any atom is 0.228 e. The second-order valence-corrected chi connectivity index (χ2v) is 5.64. The lowest BCUT2D eigenvalue weighted by molar-refractivity contribution is -0.120. The Bertz CT molecular complexity index is 841. The summed E-state index contributed by atoms with van der Waals surface area (Å²) in [4.78, 5) is 20.7. The maximum atomic E-state index is 12.2. The lowest BCUT2D eigenvalue weighted by Crippen LogP contribution is -2.25. The monoisotopic (exact) mass is 321 g/mol. The number of rotatable bonds is 5. The first-order valence-corrected chi connectivity index (χ1v) is 7.81. The fourth-order valence-corrected chi connectivity index (χ4v) is 2.42. The van der Waals surface area contributed by atoms with Crippen molar-refractivity contribution in [3.8, 4) is 11.5 Å². The first kappa shape index (κ1) is 15.9.